The Labute approximate surface area is 155 Å². The molecule has 0 bridgehead atoms. The lowest BCUT2D eigenvalue weighted by Crippen LogP contribution is -2.30. The number of nitrogens with zero attached hydrogens (tertiary/aromatic N) is 5. The van der Waals surface area contributed by atoms with E-state index < -0.39 is 6.43 Å². The molecule has 9 heteroatoms. The van der Waals surface area contributed by atoms with E-state index in [1.54, 1.807) is 18.5 Å². The predicted octanol–water partition coefficient (Wildman–Crippen LogP) is 3.08. The van der Waals surface area contributed by atoms with Crippen LogP contribution in [-0.4, -0.2) is 30.5 Å². The van der Waals surface area contributed by atoms with Crippen molar-refractivity contribution in [2.24, 2.45) is 0 Å². The first-order valence-corrected chi connectivity index (χ1v) is 8.75. The second-order valence-corrected chi connectivity index (χ2v) is 6.48. The number of aromatic nitrogens is 5. The minimum atomic E-state index is -2.63. The molecule has 0 aliphatic rings. The fourth-order valence-electron chi connectivity index (χ4n) is 3.08. The largest absolute Gasteiger partial charge is 0.346 e. The number of carbonyl (C=O) groups is 1. The second kappa shape index (κ2) is 7.42. The molecule has 1 amide bonds. The van der Waals surface area contributed by atoms with E-state index in [2.05, 4.69) is 20.5 Å². The predicted molar refractivity (Wildman–Crippen MR) is 96.4 cm³/mol. The zero-order valence-electron chi connectivity index (χ0n) is 15.7. The van der Waals surface area contributed by atoms with Crippen molar-refractivity contribution in [2.75, 3.05) is 0 Å². The molecule has 0 radical (unpaired) electrons. The first-order valence-electron chi connectivity index (χ1n) is 8.75. The van der Waals surface area contributed by atoms with Gasteiger partial charge in [-0.15, -0.1) is 0 Å². The summed E-state index contributed by atoms with van der Waals surface area (Å²) < 4.78 is 29.9. The van der Waals surface area contributed by atoms with Crippen LogP contribution in [0.3, 0.4) is 0 Å². The molecule has 1 N–H and O–H groups in total. The lowest BCUT2D eigenvalue weighted by Gasteiger charge is -2.12. The maximum atomic E-state index is 13.4. The van der Waals surface area contributed by atoms with Gasteiger partial charge >= 0.3 is 0 Å². The summed E-state index contributed by atoms with van der Waals surface area (Å²) >= 11 is 0. The third-order valence-electron chi connectivity index (χ3n) is 4.37. The summed E-state index contributed by atoms with van der Waals surface area (Å²) in [7, 11) is 0. The molecule has 0 saturated carbocycles. The van der Waals surface area contributed by atoms with Gasteiger partial charge < -0.3 is 5.32 Å². The number of hydrogen-bond acceptors (Lipinski definition) is 4. The molecule has 3 aromatic rings. The van der Waals surface area contributed by atoms with Crippen molar-refractivity contribution in [3.05, 3.63) is 41.0 Å². The van der Waals surface area contributed by atoms with E-state index in [1.807, 2.05) is 26.1 Å². The molecule has 0 fully saturated rings. The fraction of sp³-hybridized carbons (Fsp3) is 0.444. The van der Waals surface area contributed by atoms with Crippen LogP contribution in [0.2, 0.25) is 0 Å². The zero-order valence-corrected chi connectivity index (χ0v) is 15.7. The van der Waals surface area contributed by atoms with Crippen molar-refractivity contribution in [3.63, 3.8) is 0 Å². The molecule has 0 aliphatic heterocycles. The van der Waals surface area contributed by atoms with Crippen LogP contribution in [0.15, 0.2) is 18.3 Å². The van der Waals surface area contributed by atoms with Crippen LogP contribution < -0.4 is 5.32 Å². The molecule has 0 spiro atoms. The quantitative estimate of drug-likeness (QED) is 0.717. The van der Waals surface area contributed by atoms with E-state index in [9.17, 15) is 13.6 Å². The number of alkyl halides is 2. The average molecular weight is 376 g/mol. The first kappa shape index (κ1) is 18.9. The van der Waals surface area contributed by atoms with Crippen LogP contribution in [0, 0.1) is 13.8 Å². The number of rotatable bonds is 6. The Hall–Kier alpha value is -2.84. The van der Waals surface area contributed by atoms with Gasteiger partial charge in [0.2, 0.25) is 5.91 Å². The van der Waals surface area contributed by atoms with Gasteiger partial charge in [-0.25, -0.2) is 18.4 Å². The van der Waals surface area contributed by atoms with E-state index in [1.165, 1.54) is 10.7 Å². The number of carbonyl (C=O) groups excluding carboxylic acids is 1. The SMILES string of the molecule is CCn1ccc(C(C)NC(=O)Cn2nc(C)c3c(C(F)F)cc(C)nc32)n1. The van der Waals surface area contributed by atoms with Crippen molar-refractivity contribution in [3.8, 4) is 0 Å². The highest BCUT2D eigenvalue weighted by Crippen LogP contribution is 2.29. The third-order valence-corrected chi connectivity index (χ3v) is 4.37. The Balaban J connectivity index is 1.83. The van der Waals surface area contributed by atoms with Crippen LogP contribution in [-0.2, 0) is 17.9 Å². The molecule has 1 atom stereocenters. The number of fused-ring (bicyclic) bond motifs is 1. The Kier molecular flexibility index (Phi) is 5.20. The first-order chi connectivity index (χ1) is 12.8. The third kappa shape index (κ3) is 3.81. The summed E-state index contributed by atoms with van der Waals surface area (Å²) in [4.78, 5) is 16.8. The summed E-state index contributed by atoms with van der Waals surface area (Å²) in [6, 6.07) is 2.93. The lowest BCUT2D eigenvalue weighted by molar-refractivity contribution is -0.122. The van der Waals surface area contributed by atoms with Crippen molar-refractivity contribution >= 4 is 16.9 Å². The van der Waals surface area contributed by atoms with Gasteiger partial charge in [0.15, 0.2) is 5.65 Å². The molecule has 3 aromatic heterocycles. The van der Waals surface area contributed by atoms with E-state index in [4.69, 9.17) is 0 Å². The lowest BCUT2D eigenvalue weighted by atomic mass is 10.1. The molecule has 3 rings (SSSR count). The molecular formula is C18H22F2N6O. The van der Waals surface area contributed by atoms with Crippen LogP contribution >= 0.6 is 0 Å². The van der Waals surface area contributed by atoms with Gasteiger partial charge in [0.1, 0.15) is 6.54 Å². The number of nitrogens with one attached hydrogen (secondary N) is 1. The topological polar surface area (TPSA) is 77.6 Å². The number of amides is 1. The van der Waals surface area contributed by atoms with Crippen LogP contribution in [0.5, 0.6) is 0 Å². The normalized spacial score (nSPS) is 12.7. The van der Waals surface area contributed by atoms with Gasteiger partial charge in [0, 0.05) is 24.0 Å². The number of pyridine rings is 1. The van der Waals surface area contributed by atoms with Crippen LogP contribution in [0.25, 0.3) is 11.0 Å². The van der Waals surface area contributed by atoms with Crippen LogP contribution in [0.4, 0.5) is 8.78 Å². The highest BCUT2D eigenvalue weighted by molar-refractivity contribution is 5.84. The number of aryl methyl sites for hydroxylation is 3. The van der Waals surface area contributed by atoms with E-state index in [0.717, 1.165) is 12.2 Å². The van der Waals surface area contributed by atoms with E-state index in [0.29, 0.717) is 22.4 Å². The van der Waals surface area contributed by atoms with Gasteiger partial charge in [0.25, 0.3) is 6.43 Å². The summed E-state index contributed by atoms with van der Waals surface area (Å²) in [5.74, 6) is -0.292. The smallest absolute Gasteiger partial charge is 0.264 e. The number of halogens is 2. The Morgan fingerprint density at radius 3 is 2.67 bits per heavy atom. The Morgan fingerprint density at radius 2 is 2.04 bits per heavy atom. The molecular weight excluding hydrogens is 354 g/mol. The van der Waals surface area contributed by atoms with Gasteiger partial charge in [-0.2, -0.15) is 10.2 Å². The average Bonchev–Trinajstić information content (AvgIpc) is 3.19. The minimum Gasteiger partial charge on any atom is -0.346 e. The van der Waals surface area contributed by atoms with Crippen molar-refractivity contribution < 1.29 is 13.6 Å². The van der Waals surface area contributed by atoms with E-state index in [-0.39, 0.29) is 24.1 Å². The summed E-state index contributed by atoms with van der Waals surface area (Å²) in [5, 5.41) is 11.8. The maximum Gasteiger partial charge on any atom is 0.264 e. The molecule has 0 aliphatic carbocycles. The minimum absolute atomic E-state index is 0.109. The zero-order chi connectivity index (χ0) is 19.7. The Bertz CT molecular complexity index is 978. The molecule has 144 valence electrons. The van der Waals surface area contributed by atoms with Gasteiger partial charge in [-0.1, -0.05) is 0 Å². The van der Waals surface area contributed by atoms with Gasteiger partial charge in [-0.05, 0) is 39.8 Å². The number of hydrogen-bond donors (Lipinski definition) is 1. The molecule has 27 heavy (non-hydrogen) atoms. The van der Waals surface area contributed by atoms with Crippen molar-refractivity contribution in [1.82, 2.24) is 29.9 Å². The fourth-order valence-corrected chi connectivity index (χ4v) is 3.08. The Morgan fingerprint density at radius 1 is 1.30 bits per heavy atom. The maximum absolute atomic E-state index is 13.4. The standard InChI is InChI=1S/C18H22F2N6O/c1-5-25-7-6-14(24-25)11(3)22-15(27)9-26-18-16(12(4)23-26)13(17(19)20)8-10(2)21-18/h6-8,11,17H,5,9H2,1-4H3,(H,22,27). The molecule has 7 nitrogen and oxygen atoms in total. The van der Waals surface area contributed by atoms with Crippen LogP contribution in [0.1, 0.15) is 49.0 Å². The van der Waals surface area contributed by atoms with Crippen molar-refractivity contribution in [1.29, 1.82) is 0 Å². The highest BCUT2D eigenvalue weighted by atomic mass is 19.3. The molecule has 0 saturated heterocycles. The summed E-state index contributed by atoms with van der Waals surface area (Å²) in [6.07, 6.45) is -0.783. The summed E-state index contributed by atoms with van der Waals surface area (Å²) in [5.41, 5.74) is 1.81. The highest BCUT2D eigenvalue weighted by Gasteiger charge is 2.21. The van der Waals surface area contributed by atoms with Gasteiger partial charge in [0.05, 0.1) is 22.8 Å². The molecule has 1 unspecified atom stereocenters. The monoisotopic (exact) mass is 376 g/mol. The molecule has 3 heterocycles. The van der Waals surface area contributed by atoms with Crippen molar-refractivity contribution in [2.45, 2.75) is 53.3 Å². The van der Waals surface area contributed by atoms with Gasteiger partial charge in [-0.3, -0.25) is 9.48 Å². The summed E-state index contributed by atoms with van der Waals surface area (Å²) in [6.45, 7) is 7.74. The second-order valence-electron chi connectivity index (χ2n) is 6.48. The van der Waals surface area contributed by atoms with E-state index >= 15 is 0 Å². The molecule has 0 aromatic carbocycles.